The van der Waals surface area contributed by atoms with Crippen LogP contribution in [0, 0.1) is 0 Å². The highest BCUT2D eigenvalue weighted by molar-refractivity contribution is 5.47. The van der Waals surface area contributed by atoms with Crippen LogP contribution in [0.1, 0.15) is 31.6 Å². The number of amides is 1. The lowest BCUT2D eigenvalue weighted by Gasteiger charge is -2.16. The van der Waals surface area contributed by atoms with E-state index in [-0.39, 0.29) is 6.23 Å². The van der Waals surface area contributed by atoms with Crippen molar-refractivity contribution in [3.8, 4) is 0 Å². The molecule has 1 N–H and O–H groups in total. The fourth-order valence-corrected chi connectivity index (χ4v) is 1.28. The number of carbonyl (C=O) groups excluding carboxylic acids is 1. The second-order valence-corrected chi connectivity index (χ2v) is 3.30. The molecule has 0 heterocycles. The van der Waals surface area contributed by atoms with Gasteiger partial charge in [-0.3, -0.25) is 4.79 Å². The van der Waals surface area contributed by atoms with Crippen molar-refractivity contribution in [1.29, 1.82) is 0 Å². The van der Waals surface area contributed by atoms with Crippen molar-refractivity contribution < 1.29 is 9.53 Å². The molecule has 0 aromatic heterocycles. The zero-order chi connectivity index (χ0) is 10.9. The normalized spacial score (nSPS) is 12.1. The van der Waals surface area contributed by atoms with Crippen LogP contribution in [0.15, 0.2) is 30.3 Å². The van der Waals surface area contributed by atoms with E-state index in [9.17, 15) is 4.79 Å². The molecule has 1 amide bonds. The second kappa shape index (κ2) is 7.01. The summed E-state index contributed by atoms with van der Waals surface area (Å²) in [6, 6.07) is 9.67. The predicted octanol–water partition coefficient (Wildman–Crippen LogP) is 2.25. The van der Waals surface area contributed by atoms with Gasteiger partial charge in [-0.25, -0.2) is 0 Å². The lowest BCUT2D eigenvalue weighted by molar-refractivity contribution is -0.113. The molecular weight excluding hydrogens is 190 g/mol. The monoisotopic (exact) mass is 207 g/mol. The summed E-state index contributed by atoms with van der Waals surface area (Å²) in [5.41, 5.74) is 0.973. The molecule has 15 heavy (non-hydrogen) atoms. The van der Waals surface area contributed by atoms with Crippen molar-refractivity contribution >= 4 is 6.41 Å². The highest BCUT2D eigenvalue weighted by atomic mass is 16.5. The first-order chi connectivity index (χ1) is 7.38. The quantitative estimate of drug-likeness (QED) is 0.423. The molecule has 0 radical (unpaired) electrons. The first kappa shape index (κ1) is 11.7. The maximum atomic E-state index is 10.4. The van der Waals surface area contributed by atoms with Gasteiger partial charge in [0.2, 0.25) is 6.41 Å². The van der Waals surface area contributed by atoms with E-state index in [0.717, 1.165) is 18.4 Å². The van der Waals surface area contributed by atoms with E-state index in [2.05, 4.69) is 12.2 Å². The van der Waals surface area contributed by atoms with Crippen molar-refractivity contribution in [3.63, 3.8) is 0 Å². The van der Waals surface area contributed by atoms with Crippen LogP contribution in [-0.2, 0) is 9.53 Å². The Morgan fingerprint density at radius 2 is 2.13 bits per heavy atom. The molecule has 1 rings (SSSR count). The highest BCUT2D eigenvalue weighted by Crippen LogP contribution is 2.13. The third-order valence-corrected chi connectivity index (χ3v) is 2.10. The van der Waals surface area contributed by atoms with Crippen LogP contribution in [0.2, 0.25) is 0 Å². The van der Waals surface area contributed by atoms with Gasteiger partial charge in [-0.2, -0.15) is 0 Å². The highest BCUT2D eigenvalue weighted by Gasteiger charge is 2.08. The van der Waals surface area contributed by atoms with Crippen LogP contribution >= 0.6 is 0 Å². The number of benzene rings is 1. The van der Waals surface area contributed by atoms with E-state index in [1.54, 1.807) is 0 Å². The fraction of sp³-hybridized carbons (Fsp3) is 0.417. The molecule has 1 aromatic carbocycles. The summed E-state index contributed by atoms with van der Waals surface area (Å²) in [4.78, 5) is 10.4. The second-order valence-electron chi connectivity index (χ2n) is 3.30. The Morgan fingerprint density at radius 3 is 2.73 bits per heavy atom. The van der Waals surface area contributed by atoms with Crippen molar-refractivity contribution in [1.82, 2.24) is 5.32 Å². The molecule has 1 unspecified atom stereocenters. The van der Waals surface area contributed by atoms with Crippen molar-refractivity contribution in [2.75, 3.05) is 6.61 Å². The van der Waals surface area contributed by atoms with Gasteiger partial charge in [-0.1, -0.05) is 43.7 Å². The maximum absolute atomic E-state index is 10.4. The van der Waals surface area contributed by atoms with E-state index in [0.29, 0.717) is 13.0 Å². The Kier molecular flexibility index (Phi) is 5.48. The minimum absolute atomic E-state index is 0.324. The zero-order valence-electron chi connectivity index (χ0n) is 8.98. The van der Waals surface area contributed by atoms with Crippen molar-refractivity contribution in [3.05, 3.63) is 35.9 Å². The van der Waals surface area contributed by atoms with Crippen molar-refractivity contribution in [2.45, 2.75) is 26.0 Å². The van der Waals surface area contributed by atoms with Crippen molar-refractivity contribution in [2.24, 2.45) is 0 Å². The van der Waals surface area contributed by atoms with Crippen LogP contribution in [0.4, 0.5) is 0 Å². The Labute approximate surface area is 90.4 Å². The minimum atomic E-state index is -0.324. The summed E-state index contributed by atoms with van der Waals surface area (Å²) < 4.78 is 5.57. The number of unbranched alkanes of at least 4 members (excludes halogenated alkanes) is 1. The maximum Gasteiger partial charge on any atom is 0.209 e. The molecule has 1 aromatic rings. The van der Waals surface area contributed by atoms with Gasteiger partial charge in [0.25, 0.3) is 0 Å². The first-order valence-corrected chi connectivity index (χ1v) is 5.24. The van der Waals surface area contributed by atoms with Gasteiger partial charge in [0.1, 0.15) is 0 Å². The number of nitrogens with one attached hydrogen (secondary N) is 1. The van der Waals surface area contributed by atoms with Crippen LogP contribution in [0.25, 0.3) is 0 Å². The molecule has 0 saturated carbocycles. The molecule has 0 spiro atoms. The summed E-state index contributed by atoms with van der Waals surface area (Å²) >= 11 is 0. The average molecular weight is 207 g/mol. The lowest BCUT2D eigenvalue weighted by Crippen LogP contribution is -2.22. The van der Waals surface area contributed by atoms with E-state index >= 15 is 0 Å². The summed E-state index contributed by atoms with van der Waals surface area (Å²) in [7, 11) is 0. The van der Waals surface area contributed by atoms with Gasteiger partial charge in [0.05, 0.1) is 0 Å². The SMILES string of the molecule is CCCCOC(NC=O)c1ccccc1. The third-order valence-electron chi connectivity index (χ3n) is 2.10. The zero-order valence-corrected chi connectivity index (χ0v) is 8.98. The average Bonchev–Trinajstić information content (AvgIpc) is 2.29. The molecular formula is C12H17NO2. The smallest absolute Gasteiger partial charge is 0.209 e. The number of carbonyl (C=O) groups is 1. The van der Waals surface area contributed by atoms with Crippen LogP contribution < -0.4 is 5.32 Å². The molecule has 3 heteroatoms. The van der Waals surface area contributed by atoms with Gasteiger partial charge in [0.15, 0.2) is 6.23 Å². The summed E-state index contributed by atoms with van der Waals surface area (Å²) in [5, 5.41) is 2.66. The lowest BCUT2D eigenvalue weighted by atomic mass is 10.2. The first-order valence-electron chi connectivity index (χ1n) is 5.24. The molecule has 0 aliphatic heterocycles. The predicted molar refractivity (Wildman–Crippen MR) is 59.2 cm³/mol. The number of hydrogen-bond acceptors (Lipinski definition) is 2. The molecule has 0 bridgehead atoms. The molecule has 82 valence electrons. The van der Waals surface area contributed by atoms with Gasteiger partial charge in [-0.15, -0.1) is 0 Å². The Hall–Kier alpha value is -1.35. The number of hydrogen-bond donors (Lipinski definition) is 1. The summed E-state index contributed by atoms with van der Waals surface area (Å²) in [6.07, 6.45) is 2.44. The largest absolute Gasteiger partial charge is 0.354 e. The van der Waals surface area contributed by atoms with Crippen LogP contribution in [-0.4, -0.2) is 13.0 Å². The third kappa shape index (κ3) is 4.13. The van der Waals surface area contributed by atoms with E-state index in [1.165, 1.54) is 0 Å². The molecule has 0 aliphatic rings. The minimum Gasteiger partial charge on any atom is -0.354 e. The standard InChI is InChI=1S/C12H17NO2/c1-2-3-9-15-12(13-10-14)11-7-5-4-6-8-11/h4-8,10,12H,2-3,9H2,1H3,(H,13,14). The Balaban J connectivity index is 2.53. The van der Waals surface area contributed by atoms with Gasteiger partial charge in [-0.05, 0) is 6.42 Å². The van der Waals surface area contributed by atoms with Crippen LogP contribution in [0.3, 0.4) is 0 Å². The van der Waals surface area contributed by atoms with E-state index in [1.807, 2.05) is 30.3 Å². The fourth-order valence-electron chi connectivity index (χ4n) is 1.28. The number of rotatable bonds is 7. The Morgan fingerprint density at radius 1 is 1.40 bits per heavy atom. The molecule has 0 aliphatic carbocycles. The molecule has 1 atom stereocenters. The summed E-state index contributed by atoms with van der Waals surface area (Å²) in [5.74, 6) is 0. The molecule has 0 fully saturated rings. The number of ether oxygens (including phenoxy) is 1. The van der Waals surface area contributed by atoms with E-state index in [4.69, 9.17) is 4.74 Å². The summed E-state index contributed by atoms with van der Waals surface area (Å²) in [6.45, 7) is 2.77. The molecule has 0 saturated heterocycles. The topological polar surface area (TPSA) is 38.3 Å². The van der Waals surface area contributed by atoms with Gasteiger partial charge in [0, 0.05) is 12.2 Å². The van der Waals surface area contributed by atoms with E-state index < -0.39 is 0 Å². The van der Waals surface area contributed by atoms with Crippen LogP contribution in [0.5, 0.6) is 0 Å². The Bertz CT molecular complexity index is 274. The molecule has 3 nitrogen and oxygen atoms in total. The van der Waals surface area contributed by atoms with Gasteiger partial charge >= 0.3 is 0 Å². The van der Waals surface area contributed by atoms with Gasteiger partial charge < -0.3 is 10.1 Å².